The summed E-state index contributed by atoms with van der Waals surface area (Å²) in [6, 6.07) is 13.8. The number of ether oxygens (including phenoxy) is 1. The number of likely N-dealkylation sites (tertiary alicyclic amines) is 1. The second kappa shape index (κ2) is 9.62. The van der Waals surface area contributed by atoms with Crippen LogP contribution >= 0.6 is 0 Å². The second-order valence-electron chi connectivity index (χ2n) is 7.83. The molecule has 2 aromatic rings. The summed E-state index contributed by atoms with van der Waals surface area (Å²) in [6.45, 7) is 6.88. The number of rotatable bonds is 8. The molecule has 0 unspecified atom stereocenters. The summed E-state index contributed by atoms with van der Waals surface area (Å²) in [5.74, 6) is -0.865. The van der Waals surface area contributed by atoms with Crippen LogP contribution in [0.3, 0.4) is 0 Å². The predicted molar refractivity (Wildman–Crippen MR) is 121 cm³/mol. The highest BCUT2D eigenvalue weighted by Gasteiger charge is 2.46. The lowest BCUT2D eigenvalue weighted by Crippen LogP contribution is -2.35. The maximum Gasteiger partial charge on any atom is 0.295 e. The van der Waals surface area contributed by atoms with Gasteiger partial charge in [0.1, 0.15) is 18.1 Å². The molecule has 1 saturated heterocycles. The standard InChI is InChI=1S/C25H28N2O4/c1-5-15-31-20-8-6-7-19(16-20)22-21(23(28)18-11-9-17(2)10-12-18)24(29)25(30)27(22)14-13-26(3)4/h5-12,16,22,28H,1,13-15H2,2-4H3/b23-21+/t22-/m0/s1. The molecule has 0 saturated carbocycles. The quantitative estimate of drug-likeness (QED) is 0.306. The van der Waals surface area contributed by atoms with Gasteiger partial charge in [0.2, 0.25) is 0 Å². The molecule has 1 aliphatic heterocycles. The molecule has 0 aromatic heterocycles. The summed E-state index contributed by atoms with van der Waals surface area (Å²) in [7, 11) is 3.81. The molecule has 1 heterocycles. The van der Waals surface area contributed by atoms with Gasteiger partial charge in [0.15, 0.2) is 0 Å². The van der Waals surface area contributed by atoms with E-state index in [2.05, 4.69) is 6.58 Å². The molecule has 0 aliphatic carbocycles. The van der Waals surface area contributed by atoms with Crippen LogP contribution in [0.15, 0.2) is 66.8 Å². The van der Waals surface area contributed by atoms with Gasteiger partial charge < -0.3 is 19.6 Å². The Balaban J connectivity index is 2.12. The first-order chi connectivity index (χ1) is 14.8. The van der Waals surface area contributed by atoms with Crippen LogP contribution in [-0.4, -0.2) is 60.4 Å². The normalized spacial score (nSPS) is 17.9. The third-order valence-electron chi connectivity index (χ3n) is 5.19. The van der Waals surface area contributed by atoms with E-state index >= 15 is 0 Å². The smallest absolute Gasteiger partial charge is 0.295 e. The number of ketones is 1. The number of hydrogen-bond acceptors (Lipinski definition) is 5. The Kier molecular flexibility index (Phi) is 6.92. The minimum atomic E-state index is -0.700. The SMILES string of the molecule is C=CCOc1cccc([C@H]2/C(=C(\O)c3ccc(C)cc3)C(=O)C(=O)N2CCN(C)C)c1. The molecule has 2 aromatic carbocycles. The maximum absolute atomic E-state index is 13.0. The minimum Gasteiger partial charge on any atom is -0.507 e. The number of hydrogen-bond donors (Lipinski definition) is 1. The van der Waals surface area contributed by atoms with Gasteiger partial charge in [-0.25, -0.2) is 0 Å². The van der Waals surface area contributed by atoms with Crippen molar-refractivity contribution >= 4 is 17.4 Å². The van der Waals surface area contributed by atoms with Gasteiger partial charge in [-0.15, -0.1) is 0 Å². The molecule has 0 spiro atoms. The van der Waals surface area contributed by atoms with Gasteiger partial charge >= 0.3 is 0 Å². The fraction of sp³-hybridized carbons (Fsp3) is 0.280. The Morgan fingerprint density at radius 3 is 2.55 bits per heavy atom. The van der Waals surface area contributed by atoms with E-state index in [0.717, 1.165) is 5.56 Å². The molecule has 31 heavy (non-hydrogen) atoms. The van der Waals surface area contributed by atoms with E-state index in [1.54, 1.807) is 30.3 Å². The van der Waals surface area contributed by atoms with Crippen molar-refractivity contribution in [3.8, 4) is 5.75 Å². The first-order valence-corrected chi connectivity index (χ1v) is 10.2. The fourth-order valence-corrected chi connectivity index (χ4v) is 3.56. The number of Topliss-reactive ketones (excluding diaryl/α,β-unsaturated/α-hetero) is 1. The Morgan fingerprint density at radius 2 is 1.90 bits per heavy atom. The number of amides is 1. The Hall–Kier alpha value is -3.38. The van der Waals surface area contributed by atoms with Crippen molar-refractivity contribution in [1.29, 1.82) is 0 Å². The Labute approximate surface area is 183 Å². The van der Waals surface area contributed by atoms with Crippen LogP contribution in [0, 0.1) is 6.92 Å². The number of carbonyl (C=O) groups excluding carboxylic acids is 2. The van der Waals surface area contributed by atoms with Crippen LogP contribution in [-0.2, 0) is 9.59 Å². The summed E-state index contributed by atoms with van der Waals surface area (Å²) < 4.78 is 5.64. The van der Waals surface area contributed by atoms with Crippen LogP contribution < -0.4 is 4.74 Å². The molecule has 1 N–H and O–H groups in total. The number of nitrogens with zero attached hydrogens (tertiary/aromatic N) is 2. The van der Waals surface area contributed by atoms with Crippen molar-refractivity contribution in [2.45, 2.75) is 13.0 Å². The average molecular weight is 421 g/mol. The lowest BCUT2D eigenvalue weighted by Gasteiger charge is -2.27. The molecular weight excluding hydrogens is 392 g/mol. The molecule has 1 fully saturated rings. The third kappa shape index (κ3) is 4.86. The van der Waals surface area contributed by atoms with Crippen molar-refractivity contribution < 1.29 is 19.4 Å². The van der Waals surface area contributed by atoms with Crippen molar-refractivity contribution in [3.05, 3.63) is 83.4 Å². The van der Waals surface area contributed by atoms with Gasteiger partial charge in [0, 0.05) is 18.7 Å². The molecule has 162 valence electrons. The van der Waals surface area contributed by atoms with Crippen LogP contribution in [0.4, 0.5) is 0 Å². The molecule has 3 rings (SSSR count). The lowest BCUT2D eigenvalue weighted by molar-refractivity contribution is -0.140. The van der Waals surface area contributed by atoms with E-state index in [1.165, 1.54) is 4.90 Å². The number of aryl methyl sites for hydroxylation is 1. The Morgan fingerprint density at radius 1 is 1.19 bits per heavy atom. The van der Waals surface area contributed by atoms with Crippen LogP contribution in [0.1, 0.15) is 22.7 Å². The van der Waals surface area contributed by atoms with Crippen LogP contribution in [0.2, 0.25) is 0 Å². The number of aliphatic hydroxyl groups is 1. The number of likely N-dealkylation sites (N-methyl/N-ethyl adjacent to an activating group) is 1. The minimum absolute atomic E-state index is 0.0912. The zero-order valence-electron chi connectivity index (χ0n) is 18.2. The molecule has 1 amide bonds. The number of aliphatic hydroxyl groups excluding tert-OH is 1. The summed E-state index contributed by atoms with van der Waals surface area (Å²) >= 11 is 0. The molecular formula is C25H28N2O4. The number of benzene rings is 2. The van der Waals surface area contributed by atoms with E-state index in [0.29, 0.717) is 36.6 Å². The van der Waals surface area contributed by atoms with Gasteiger partial charge in [0.05, 0.1) is 11.6 Å². The third-order valence-corrected chi connectivity index (χ3v) is 5.19. The summed E-state index contributed by atoms with van der Waals surface area (Å²) in [6.07, 6.45) is 1.65. The van der Waals surface area contributed by atoms with Gasteiger partial charge in [-0.1, -0.05) is 54.6 Å². The lowest BCUT2D eigenvalue weighted by atomic mass is 9.95. The van der Waals surface area contributed by atoms with Crippen molar-refractivity contribution in [2.24, 2.45) is 0 Å². The highest BCUT2D eigenvalue weighted by Crippen LogP contribution is 2.40. The molecule has 0 radical (unpaired) electrons. The van der Waals surface area contributed by atoms with Crippen molar-refractivity contribution in [2.75, 3.05) is 33.8 Å². The van der Waals surface area contributed by atoms with E-state index in [1.807, 2.05) is 50.2 Å². The zero-order chi connectivity index (χ0) is 22.5. The van der Waals surface area contributed by atoms with E-state index in [4.69, 9.17) is 4.74 Å². The first kappa shape index (κ1) is 22.3. The average Bonchev–Trinajstić information content (AvgIpc) is 3.01. The van der Waals surface area contributed by atoms with Crippen molar-refractivity contribution in [3.63, 3.8) is 0 Å². The molecule has 1 atom stereocenters. The highest BCUT2D eigenvalue weighted by atomic mass is 16.5. The van der Waals surface area contributed by atoms with Gasteiger partial charge in [-0.2, -0.15) is 0 Å². The molecule has 6 heteroatoms. The van der Waals surface area contributed by atoms with Gasteiger partial charge in [0.25, 0.3) is 11.7 Å². The first-order valence-electron chi connectivity index (χ1n) is 10.2. The summed E-state index contributed by atoms with van der Waals surface area (Å²) in [5, 5.41) is 11.1. The second-order valence-corrected chi connectivity index (χ2v) is 7.83. The van der Waals surface area contributed by atoms with Crippen LogP contribution in [0.25, 0.3) is 5.76 Å². The molecule has 6 nitrogen and oxygen atoms in total. The maximum atomic E-state index is 13.0. The Bertz CT molecular complexity index is 1010. The van der Waals surface area contributed by atoms with E-state index in [9.17, 15) is 14.7 Å². The summed E-state index contributed by atoms with van der Waals surface area (Å²) in [4.78, 5) is 29.4. The summed E-state index contributed by atoms with van der Waals surface area (Å²) in [5.41, 5.74) is 2.33. The van der Waals surface area contributed by atoms with Gasteiger partial charge in [-0.3, -0.25) is 9.59 Å². The largest absolute Gasteiger partial charge is 0.507 e. The molecule has 0 bridgehead atoms. The van der Waals surface area contributed by atoms with E-state index < -0.39 is 17.7 Å². The molecule has 1 aliphatic rings. The highest BCUT2D eigenvalue weighted by molar-refractivity contribution is 6.46. The fourth-order valence-electron chi connectivity index (χ4n) is 3.56. The number of carbonyl (C=O) groups is 2. The predicted octanol–water partition coefficient (Wildman–Crippen LogP) is 3.54. The van der Waals surface area contributed by atoms with Crippen molar-refractivity contribution in [1.82, 2.24) is 9.80 Å². The van der Waals surface area contributed by atoms with Gasteiger partial charge in [-0.05, 0) is 38.7 Å². The monoisotopic (exact) mass is 420 g/mol. The zero-order valence-corrected chi connectivity index (χ0v) is 18.2. The topological polar surface area (TPSA) is 70.1 Å². The van der Waals surface area contributed by atoms with E-state index in [-0.39, 0.29) is 11.3 Å². The van der Waals surface area contributed by atoms with Crippen LogP contribution in [0.5, 0.6) is 5.75 Å².